The van der Waals surface area contributed by atoms with E-state index in [4.69, 9.17) is 0 Å². The van der Waals surface area contributed by atoms with Crippen molar-refractivity contribution < 1.29 is 13.2 Å². The molecule has 7 heteroatoms. The van der Waals surface area contributed by atoms with Gasteiger partial charge in [0.05, 0.1) is 0 Å². The van der Waals surface area contributed by atoms with Gasteiger partial charge in [0.2, 0.25) is 15.9 Å². The molecule has 2 heterocycles. The van der Waals surface area contributed by atoms with Crippen molar-refractivity contribution in [3.63, 3.8) is 0 Å². The fraction of sp³-hybridized carbons (Fsp3) is 0.625. The third-order valence-corrected chi connectivity index (χ3v) is 6.52. The Morgan fingerprint density at radius 1 is 1.30 bits per heavy atom. The highest BCUT2D eigenvalue weighted by atomic mass is 32.2. The molecule has 1 saturated heterocycles. The number of hydrogen-bond donors (Lipinski definition) is 1. The van der Waals surface area contributed by atoms with Crippen LogP contribution in [0.2, 0.25) is 0 Å². The predicted molar refractivity (Wildman–Crippen MR) is 87.2 cm³/mol. The maximum absolute atomic E-state index is 12.2. The number of hydrogen-bond acceptors (Lipinski definition) is 4. The van der Waals surface area contributed by atoms with Crippen molar-refractivity contribution in [1.29, 1.82) is 0 Å². The summed E-state index contributed by atoms with van der Waals surface area (Å²) < 4.78 is 27.1. The topological polar surface area (TPSA) is 79.4 Å². The van der Waals surface area contributed by atoms with E-state index in [0.29, 0.717) is 26.1 Å². The molecule has 1 amide bonds. The van der Waals surface area contributed by atoms with Gasteiger partial charge in [-0.15, -0.1) is 0 Å². The second kappa shape index (κ2) is 6.97. The van der Waals surface area contributed by atoms with E-state index in [1.165, 1.54) is 0 Å². The summed E-state index contributed by atoms with van der Waals surface area (Å²) in [5.41, 5.74) is 1.00. The molecular weight excluding hydrogens is 314 g/mol. The highest BCUT2D eigenvalue weighted by molar-refractivity contribution is 7.90. The molecule has 6 nitrogen and oxygen atoms in total. The summed E-state index contributed by atoms with van der Waals surface area (Å²) in [7, 11) is -3.35. The molecule has 1 aliphatic carbocycles. The second-order valence-electron chi connectivity index (χ2n) is 6.40. The number of aromatic nitrogens is 1. The third kappa shape index (κ3) is 3.90. The first-order valence-corrected chi connectivity index (χ1v) is 9.77. The lowest BCUT2D eigenvalue weighted by Crippen LogP contribution is -2.60. The van der Waals surface area contributed by atoms with Gasteiger partial charge >= 0.3 is 0 Å². The first-order valence-electron chi connectivity index (χ1n) is 8.22. The fourth-order valence-electron chi connectivity index (χ4n) is 3.25. The number of rotatable bonds is 6. The summed E-state index contributed by atoms with van der Waals surface area (Å²) in [5, 5.41) is -0.471. The average molecular weight is 337 g/mol. The average Bonchev–Trinajstić information content (AvgIpc) is 3.00. The lowest BCUT2D eigenvalue weighted by atomic mass is 10.0. The van der Waals surface area contributed by atoms with Gasteiger partial charge < -0.3 is 4.90 Å². The van der Waals surface area contributed by atoms with Crippen LogP contribution in [0.1, 0.15) is 31.2 Å². The summed E-state index contributed by atoms with van der Waals surface area (Å²) in [6, 6.07) is 3.76. The molecule has 0 radical (unpaired) electrons. The molecule has 0 aromatic carbocycles. The van der Waals surface area contributed by atoms with Gasteiger partial charge in [0.15, 0.2) is 0 Å². The fourth-order valence-corrected chi connectivity index (χ4v) is 4.62. The molecule has 1 aromatic rings. The zero-order chi connectivity index (χ0) is 16.3. The van der Waals surface area contributed by atoms with Crippen LogP contribution in [-0.4, -0.2) is 49.1 Å². The van der Waals surface area contributed by atoms with E-state index < -0.39 is 15.3 Å². The Labute approximate surface area is 137 Å². The van der Waals surface area contributed by atoms with Crippen molar-refractivity contribution in [2.75, 3.05) is 19.6 Å². The minimum Gasteiger partial charge on any atom is -0.340 e. The molecule has 2 fully saturated rings. The van der Waals surface area contributed by atoms with Crippen LogP contribution in [0.15, 0.2) is 24.5 Å². The van der Waals surface area contributed by atoms with Crippen LogP contribution in [0, 0.1) is 5.92 Å². The molecule has 126 valence electrons. The zero-order valence-corrected chi connectivity index (χ0v) is 14.0. The van der Waals surface area contributed by atoms with Gasteiger partial charge in [-0.05, 0) is 30.9 Å². The Hall–Kier alpha value is -1.47. The number of sulfonamides is 1. The Bertz CT molecular complexity index is 636. The largest absolute Gasteiger partial charge is 0.340 e. The van der Waals surface area contributed by atoms with Crippen molar-refractivity contribution >= 4 is 15.9 Å². The number of nitrogens with one attached hydrogen (secondary N) is 1. The van der Waals surface area contributed by atoms with E-state index in [0.717, 1.165) is 31.2 Å². The highest BCUT2D eigenvalue weighted by Crippen LogP contribution is 2.29. The van der Waals surface area contributed by atoms with Gasteiger partial charge in [0.1, 0.15) is 5.25 Å². The van der Waals surface area contributed by atoms with Crippen molar-refractivity contribution in [3.05, 3.63) is 30.1 Å². The van der Waals surface area contributed by atoms with Crippen LogP contribution in [0.4, 0.5) is 0 Å². The molecule has 0 unspecified atom stereocenters. The molecule has 2 aliphatic rings. The Balaban J connectivity index is 1.43. The smallest absolute Gasteiger partial charge is 0.225 e. The zero-order valence-electron chi connectivity index (χ0n) is 13.1. The second-order valence-corrected chi connectivity index (χ2v) is 8.44. The lowest BCUT2D eigenvalue weighted by Gasteiger charge is -2.39. The Kier molecular flexibility index (Phi) is 4.96. The maximum Gasteiger partial charge on any atom is 0.225 e. The van der Waals surface area contributed by atoms with Gasteiger partial charge in [-0.1, -0.05) is 18.9 Å². The molecule has 0 bridgehead atoms. The molecule has 23 heavy (non-hydrogen) atoms. The standard InChI is InChI=1S/C16H23N3O3S/c20-16(14-5-1-2-6-14)19-11-15(12-19)23(21,22)18-9-7-13-4-3-8-17-10-13/h3-4,8,10,14-15,18H,1-2,5-7,9,11-12H2. The molecule has 0 atom stereocenters. The molecule has 1 aliphatic heterocycles. The summed E-state index contributed by atoms with van der Waals surface area (Å²) in [4.78, 5) is 17.9. The molecule has 1 N–H and O–H groups in total. The van der Waals surface area contributed by atoms with Gasteiger partial charge in [0, 0.05) is 37.9 Å². The summed E-state index contributed by atoms with van der Waals surface area (Å²) in [6.45, 7) is 1.02. The van der Waals surface area contributed by atoms with Crippen LogP contribution in [0.5, 0.6) is 0 Å². The van der Waals surface area contributed by atoms with E-state index in [-0.39, 0.29) is 11.8 Å². The summed E-state index contributed by atoms with van der Waals surface area (Å²) in [5.74, 6) is 0.265. The summed E-state index contributed by atoms with van der Waals surface area (Å²) >= 11 is 0. The first kappa shape index (κ1) is 16.4. The van der Waals surface area contributed by atoms with Crippen LogP contribution in [0.3, 0.4) is 0 Å². The normalized spacial score (nSPS) is 19.7. The third-order valence-electron chi connectivity index (χ3n) is 4.74. The lowest BCUT2D eigenvalue weighted by molar-refractivity contribution is -0.138. The number of pyridine rings is 1. The quantitative estimate of drug-likeness (QED) is 0.838. The molecule has 1 saturated carbocycles. The van der Waals surface area contributed by atoms with E-state index >= 15 is 0 Å². The van der Waals surface area contributed by atoms with Gasteiger partial charge in [-0.3, -0.25) is 9.78 Å². The van der Waals surface area contributed by atoms with E-state index in [1.54, 1.807) is 17.3 Å². The molecular formula is C16H23N3O3S. The Morgan fingerprint density at radius 2 is 2.04 bits per heavy atom. The monoisotopic (exact) mass is 337 g/mol. The van der Waals surface area contributed by atoms with Crippen LogP contribution in [-0.2, 0) is 21.2 Å². The summed E-state index contributed by atoms with van der Waals surface area (Å²) in [6.07, 6.45) is 8.18. The van der Waals surface area contributed by atoms with Crippen molar-refractivity contribution in [1.82, 2.24) is 14.6 Å². The maximum atomic E-state index is 12.2. The van der Waals surface area contributed by atoms with Gasteiger partial charge in [0.25, 0.3) is 0 Å². The molecule has 1 aromatic heterocycles. The SMILES string of the molecule is O=C(C1CCCC1)N1CC(S(=O)(=O)NCCc2cccnc2)C1. The molecule has 0 spiro atoms. The van der Waals surface area contributed by atoms with Crippen molar-refractivity contribution in [2.45, 2.75) is 37.4 Å². The highest BCUT2D eigenvalue weighted by Gasteiger charge is 2.41. The number of carbonyl (C=O) groups excluding carboxylic acids is 1. The number of nitrogens with zero attached hydrogens (tertiary/aromatic N) is 2. The van der Waals surface area contributed by atoms with Crippen LogP contribution < -0.4 is 4.72 Å². The number of amides is 1. The molecule has 3 rings (SSSR count). The number of likely N-dealkylation sites (tertiary alicyclic amines) is 1. The van der Waals surface area contributed by atoms with Crippen LogP contribution >= 0.6 is 0 Å². The van der Waals surface area contributed by atoms with Gasteiger partial charge in [-0.25, -0.2) is 13.1 Å². The van der Waals surface area contributed by atoms with E-state index in [1.807, 2.05) is 12.1 Å². The van der Waals surface area contributed by atoms with Crippen LogP contribution in [0.25, 0.3) is 0 Å². The van der Waals surface area contributed by atoms with Gasteiger partial charge in [-0.2, -0.15) is 0 Å². The van der Waals surface area contributed by atoms with Crippen molar-refractivity contribution in [2.24, 2.45) is 5.92 Å². The van der Waals surface area contributed by atoms with E-state index in [2.05, 4.69) is 9.71 Å². The van der Waals surface area contributed by atoms with Crippen molar-refractivity contribution in [3.8, 4) is 0 Å². The Morgan fingerprint density at radius 3 is 2.70 bits per heavy atom. The first-order chi connectivity index (χ1) is 11.1. The minimum absolute atomic E-state index is 0.122. The minimum atomic E-state index is -3.35. The number of carbonyl (C=O) groups is 1. The van der Waals surface area contributed by atoms with E-state index in [9.17, 15) is 13.2 Å². The predicted octanol–water partition coefficient (Wildman–Crippen LogP) is 0.944.